The SMILES string of the molecule is O=C(NCCCCOc1ccc(F)cc1)c1occc1COc1ccccc1. The number of benzene rings is 2. The van der Waals surface area contributed by atoms with Crippen molar-refractivity contribution in [1.82, 2.24) is 5.32 Å². The molecular formula is C22H22FNO4. The van der Waals surface area contributed by atoms with Gasteiger partial charge in [-0.2, -0.15) is 0 Å². The summed E-state index contributed by atoms with van der Waals surface area (Å²) in [7, 11) is 0. The molecule has 0 atom stereocenters. The lowest BCUT2D eigenvalue weighted by molar-refractivity contribution is 0.0921. The molecule has 0 aliphatic carbocycles. The minimum absolute atomic E-state index is 0.259. The third-order valence-electron chi connectivity index (χ3n) is 4.03. The van der Waals surface area contributed by atoms with Crippen molar-refractivity contribution in [3.63, 3.8) is 0 Å². The van der Waals surface area contributed by atoms with Crippen LogP contribution in [0.4, 0.5) is 4.39 Å². The van der Waals surface area contributed by atoms with E-state index in [1.165, 1.54) is 18.4 Å². The van der Waals surface area contributed by atoms with Crippen LogP contribution in [0.2, 0.25) is 0 Å². The number of halogens is 1. The van der Waals surface area contributed by atoms with Crippen molar-refractivity contribution < 1.29 is 23.1 Å². The van der Waals surface area contributed by atoms with Crippen LogP contribution in [-0.4, -0.2) is 19.1 Å². The summed E-state index contributed by atoms with van der Waals surface area (Å²) >= 11 is 0. The molecule has 0 saturated carbocycles. The number of unbranched alkanes of at least 4 members (excludes halogenated alkanes) is 1. The Morgan fingerprint density at radius 1 is 0.929 bits per heavy atom. The van der Waals surface area contributed by atoms with Crippen LogP contribution in [0.5, 0.6) is 11.5 Å². The number of hydrogen-bond acceptors (Lipinski definition) is 4. The summed E-state index contributed by atoms with van der Waals surface area (Å²) in [6.45, 7) is 1.26. The smallest absolute Gasteiger partial charge is 0.287 e. The van der Waals surface area contributed by atoms with Gasteiger partial charge in [0.1, 0.15) is 23.9 Å². The maximum absolute atomic E-state index is 12.8. The molecule has 0 spiro atoms. The van der Waals surface area contributed by atoms with Crippen molar-refractivity contribution in [3.8, 4) is 11.5 Å². The first-order valence-electron chi connectivity index (χ1n) is 9.13. The second kappa shape index (κ2) is 10.2. The molecule has 1 N–H and O–H groups in total. The molecule has 0 unspecified atom stereocenters. The summed E-state index contributed by atoms with van der Waals surface area (Å²) in [6, 6.07) is 17.0. The first kappa shape index (κ1) is 19.5. The third kappa shape index (κ3) is 5.87. The van der Waals surface area contributed by atoms with Crippen LogP contribution in [0, 0.1) is 5.82 Å². The Morgan fingerprint density at radius 2 is 1.68 bits per heavy atom. The molecule has 146 valence electrons. The highest BCUT2D eigenvalue weighted by molar-refractivity contribution is 5.92. The van der Waals surface area contributed by atoms with Crippen LogP contribution in [-0.2, 0) is 6.61 Å². The highest BCUT2D eigenvalue weighted by atomic mass is 19.1. The Hall–Kier alpha value is -3.28. The van der Waals surface area contributed by atoms with Crippen molar-refractivity contribution in [1.29, 1.82) is 0 Å². The van der Waals surface area contributed by atoms with Gasteiger partial charge in [-0.3, -0.25) is 4.79 Å². The maximum atomic E-state index is 12.8. The molecule has 1 amide bonds. The number of ether oxygens (including phenoxy) is 2. The van der Waals surface area contributed by atoms with E-state index < -0.39 is 0 Å². The second-order valence-corrected chi connectivity index (χ2v) is 6.14. The lowest BCUT2D eigenvalue weighted by atomic mass is 10.2. The fourth-order valence-electron chi connectivity index (χ4n) is 2.56. The maximum Gasteiger partial charge on any atom is 0.287 e. The van der Waals surface area contributed by atoms with Gasteiger partial charge in [0.2, 0.25) is 0 Å². The van der Waals surface area contributed by atoms with Crippen LogP contribution in [0.15, 0.2) is 71.3 Å². The Bertz CT molecular complexity index is 862. The first-order chi connectivity index (χ1) is 13.7. The number of furan rings is 1. The normalized spacial score (nSPS) is 10.5. The van der Waals surface area contributed by atoms with Gasteiger partial charge in [-0.05, 0) is 55.3 Å². The average molecular weight is 383 g/mol. The summed E-state index contributed by atoms with van der Waals surface area (Å²) in [5, 5.41) is 2.84. The van der Waals surface area contributed by atoms with E-state index in [1.807, 2.05) is 30.3 Å². The minimum Gasteiger partial charge on any atom is -0.494 e. The lowest BCUT2D eigenvalue weighted by Gasteiger charge is -2.08. The van der Waals surface area contributed by atoms with Crippen molar-refractivity contribution in [2.45, 2.75) is 19.4 Å². The van der Waals surface area contributed by atoms with Crippen LogP contribution in [0.3, 0.4) is 0 Å². The molecule has 6 heteroatoms. The highest BCUT2D eigenvalue weighted by Crippen LogP contribution is 2.16. The minimum atomic E-state index is -0.290. The summed E-state index contributed by atoms with van der Waals surface area (Å²) in [5.74, 6) is 1.07. The number of rotatable bonds is 10. The summed E-state index contributed by atoms with van der Waals surface area (Å²) < 4.78 is 29.3. The van der Waals surface area contributed by atoms with E-state index in [1.54, 1.807) is 18.2 Å². The molecule has 0 aliphatic rings. The van der Waals surface area contributed by atoms with E-state index in [-0.39, 0.29) is 24.1 Å². The van der Waals surface area contributed by atoms with Crippen molar-refractivity contribution in [3.05, 3.63) is 84.1 Å². The molecule has 3 aromatic rings. The Morgan fingerprint density at radius 3 is 2.46 bits per heavy atom. The molecule has 5 nitrogen and oxygen atoms in total. The molecule has 0 saturated heterocycles. The van der Waals surface area contributed by atoms with Gasteiger partial charge in [-0.1, -0.05) is 18.2 Å². The standard InChI is InChI=1S/C22H22FNO4/c23-18-8-10-20(11-9-18)26-14-5-4-13-24-22(25)21-17(12-15-27-21)16-28-19-6-2-1-3-7-19/h1-3,6-12,15H,4-5,13-14,16H2,(H,24,25). The lowest BCUT2D eigenvalue weighted by Crippen LogP contribution is -2.25. The topological polar surface area (TPSA) is 60.7 Å². The average Bonchev–Trinajstić information content (AvgIpc) is 3.20. The van der Waals surface area contributed by atoms with E-state index in [2.05, 4.69) is 5.32 Å². The zero-order chi connectivity index (χ0) is 19.6. The van der Waals surface area contributed by atoms with Gasteiger partial charge in [0, 0.05) is 12.1 Å². The Balaban J connectivity index is 1.36. The third-order valence-corrected chi connectivity index (χ3v) is 4.03. The Labute approximate surface area is 163 Å². The monoisotopic (exact) mass is 383 g/mol. The molecule has 0 fully saturated rings. The predicted octanol–water partition coefficient (Wildman–Crippen LogP) is 4.59. The van der Waals surface area contributed by atoms with Gasteiger partial charge in [0.25, 0.3) is 5.91 Å². The highest BCUT2D eigenvalue weighted by Gasteiger charge is 2.15. The Kier molecular flexibility index (Phi) is 7.07. The largest absolute Gasteiger partial charge is 0.494 e. The van der Waals surface area contributed by atoms with Crippen LogP contribution in [0.25, 0.3) is 0 Å². The fourth-order valence-corrected chi connectivity index (χ4v) is 2.56. The number of carbonyl (C=O) groups excluding carboxylic acids is 1. The molecule has 3 rings (SSSR count). The molecule has 1 heterocycles. The van der Waals surface area contributed by atoms with Crippen molar-refractivity contribution in [2.75, 3.05) is 13.2 Å². The van der Waals surface area contributed by atoms with Crippen molar-refractivity contribution >= 4 is 5.91 Å². The number of amides is 1. The van der Waals surface area contributed by atoms with E-state index in [9.17, 15) is 9.18 Å². The summed E-state index contributed by atoms with van der Waals surface area (Å²) in [6.07, 6.45) is 3.00. The van der Waals surface area contributed by atoms with Crippen molar-refractivity contribution in [2.24, 2.45) is 0 Å². The second-order valence-electron chi connectivity index (χ2n) is 6.14. The van der Waals surface area contributed by atoms with Gasteiger partial charge in [0.15, 0.2) is 5.76 Å². The first-order valence-corrected chi connectivity index (χ1v) is 9.13. The molecule has 28 heavy (non-hydrogen) atoms. The van der Waals surface area contributed by atoms with Gasteiger partial charge in [0.05, 0.1) is 12.9 Å². The van der Waals surface area contributed by atoms with Gasteiger partial charge in [-0.15, -0.1) is 0 Å². The van der Waals surface area contributed by atoms with Crippen LogP contribution in [0.1, 0.15) is 29.0 Å². The molecule has 0 bridgehead atoms. The van der Waals surface area contributed by atoms with Crippen LogP contribution >= 0.6 is 0 Å². The fraction of sp³-hybridized carbons (Fsp3) is 0.227. The number of hydrogen-bond donors (Lipinski definition) is 1. The van der Waals surface area contributed by atoms with E-state index in [0.717, 1.165) is 18.6 Å². The predicted molar refractivity (Wildman–Crippen MR) is 103 cm³/mol. The molecule has 1 aromatic heterocycles. The molecule has 0 aliphatic heterocycles. The zero-order valence-electron chi connectivity index (χ0n) is 15.4. The van der Waals surface area contributed by atoms with E-state index in [0.29, 0.717) is 24.5 Å². The zero-order valence-corrected chi connectivity index (χ0v) is 15.4. The van der Waals surface area contributed by atoms with Gasteiger partial charge in [-0.25, -0.2) is 4.39 Å². The molecule has 0 radical (unpaired) electrons. The molecule has 2 aromatic carbocycles. The summed E-state index contributed by atoms with van der Waals surface area (Å²) in [4.78, 5) is 12.3. The van der Waals surface area contributed by atoms with Crippen LogP contribution < -0.4 is 14.8 Å². The molecular weight excluding hydrogens is 361 g/mol. The number of carbonyl (C=O) groups is 1. The summed E-state index contributed by atoms with van der Waals surface area (Å²) in [5.41, 5.74) is 0.695. The number of nitrogens with one attached hydrogen (secondary N) is 1. The van der Waals surface area contributed by atoms with Gasteiger partial charge < -0.3 is 19.2 Å². The van der Waals surface area contributed by atoms with E-state index >= 15 is 0 Å². The van der Waals surface area contributed by atoms with Gasteiger partial charge >= 0.3 is 0 Å². The quantitative estimate of drug-likeness (QED) is 0.520. The van der Waals surface area contributed by atoms with E-state index in [4.69, 9.17) is 13.9 Å². The number of para-hydroxylation sites is 1.